The molecule has 0 bridgehead atoms. The summed E-state index contributed by atoms with van der Waals surface area (Å²) in [7, 11) is -2.27. The van der Waals surface area contributed by atoms with Crippen molar-refractivity contribution in [1.82, 2.24) is 49.8 Å². The molecule has 138 heavy (non-hydrogen) atoms. The predicted octanol–water partition coefficient (Wildman–Crippen LogP) is 23.8. The van der Waals surface area contributed by atoms with Gasteiger partial charge in [0.2, 0.25) is 0 Å². The number of aliphatic imine (C=N–C) groups is 2. The first-order valence-electron chi connectivity index (χ1n) is 46.4. The van der Waals surface area contributed by atoms with Crippen LogP contribution in [0.25, 0.3) is 53.5 Å². The molecule has 0 spiro atoms. The van der Waals surface area contributed by atoms with Gasteiger partial charge in [0.05, 0.1) is 94.4 Å². The van der Waals surface area contributed by atoms with Crippen LogP contribution in [-0.4, -0.2) is 125 Å². The topological polar surface area (TPSA) is 272 Å². The molecule has 5 aliphatic heterocycles. The van der Waals surface area contributed by atoms with Crippen molar-refractivity contribution < 1.29 is 38.3 Å². The van der Waals surface area contributed by atoms with E-state index in [1.807, 2.05) is 106 Å². The molecule has 5 aliphatic rings. The Bertz CT molecular complexity index is 6920. The Balaban J connectivity index is 0.000000125. The van der Waals surface area contributed by atoms with Crippen LogP contribution in [0.1, 0.15) is 182 Å². The largest absolute Gasteiger partial charge is 0.561 e. The van der Waals surface area contributed by atoms with Crippen molar-refractivity contribution in [2.75, 3.05) is 18.2 Å². The molecule has 1 unspecified atom stereocenters. The van der Waals surface area contributed by atoms with E-state index in [4.69, 9.17) is 121 Å². The Kier molecular flexibility index (Phi) is 34.2. The first kappa shape index (κ1) is 101. The number of aromatic nitrogens is 10. The van der Waals surface area contributed by atoms with Crippen LogP contribution in [0.3, 0.4) is 0 Å². The van der Waals surface area contributed by atoms with Crippen LogP contribution in [0.5, 0.6) is 5.75 Å². The highest BCUT2D eigenvalue weighted by Gasteiger charge is 2.32. The standard InChI is InChI=1S/C21H21BClN3O2S.C21H22BClN2O2S.C20H19BClN3O2S.C20H21BClN3OS.C20H20BClN2OS/c1-3-16-13(2)25-21(18-8-9-19(23)29-18)26-17(16)10-14-4-6-15(7-5-14)11-20-24-12-22(27)28-20;1-3-16-13(2)24-21(19-8-9-20(23)28-19)25-17(16)12-14-4-6-15(7-5-14)18-10-11-22(26)27-18;1-3-15-12(2)24-19(17-8-9-18(22)28-17)25-16(15)10-13-4-6-14(7-5-13)20-23-11-21(26)27-20;1-4-15-12(2)24-20(17-7-8-18(22)27-17)25-19(15)23-10-13-5-6-16-14(9-13)11-26-21(16)3;1-4-15-12(2)23-20(18-7-8-19(22)26-18)24-16(15)9-13-5-6-14-11-21(3)25-17(14)10-13/h4-9,27H,3,10-12H2,1-2H3;4-9,18,26H,3,10-12H2,1-2H3;4-9,26H,3,10-11H2,1-2H3;5-9H,4,10-11H2,1-3H3,(H,23,24,25);5-8,10H,4,9,11H2,1-3H3. The number of thiophene rings is 5. The molecule has 1 fully saturated rings. The molecule has 4 N–H and O–H groups in total. The maximum Gasteiger partial charge on any atom is 0.546 e. The Morgan fingerprint density at radius 1 is 0.391 bits per heavy atom. The monoisotopic (exact) mass is 2030 g/mol. The van der Waals surface area contributed by atoms with Crippen LogP contribution >= 0.6 is 115 Å². The summed E-state index contributed by atoms with van der Waals surface area (Å²) in [6, 6.07) is 57.2. The molecule has 1 saturated heterocycles. The van der Waals surface area contributed by atoms with E-state index in [0.29, 0.717) is 37.6 Å². The molecule has 15 aromatic rings. The Morgan fingerprint density at radius 3 is 1.18 bits per heavy atom. The minimum atomic E-state index is -0.838. The van der Waals surface area contributed by atoms with Gasteiger partial charge in [-0.1, -0.05) is 190 Å². The summed E-state index contributed by atoms with van der Waals surface area (Å²) in [6.07, 6.45) is 11.2. The highest BCUT2D eigenvalue weighted by atomic mass is 35.5. The maximum atomic E-state index is 9.57. The molecule has 10 aromatic heterocycles. The highest BCUT2D eigenvalue weighted by Crippen LogP contribution is 2.39. The molecule has 5 aromatic carbocycles. The molecule has 20 rings (SSSR count). The number of halogens is 5. The van der Waals surface area contributed by atoms with Crippen LogP contribution in [0.2, 0.25) is 41.6 Å². The van der Waals surface area contributed by atoms with Gasteiger partial charge in [-0.15, -0.1) is 56.7 Å². The quantitative estimate of drug-likeness (QED) is 0.0387. The van der Waals surface area contributed by atoms with Gasteiger partial charge < -0.3 is 43.7 Å². The van der Waals surface area contributed by atoms with Crippen molar-refractivity contribution in [2.45, 2.75) is 185 Å². The molecule has 0 aliphatic carbocycles. The summed E-state index contributed by atoms with van der Waals surface area (Å²) in [5.74, 6) is 6.68. The van der Waals surface area contributed by atoms with Crippen molar-refractivity contribution in [1.29, 1.82) is 0 Å². The summed E-state index contributed by atoms with van der Waals surface area (Å²) in [5.41, 5.74) is 28.2. The number of nitrogens with one attached hydrogen (secondary N) is 1. The zero-order valence-electron chi connectivity index (χ0n) is 78.8. The number of anilines is 1. The van der Waals surface area contributed by atoms with Crippen LogP contribution < -0.4 is 15.4 Å². The Hall–Kier alpha value is -9.89. The van der Waals surface area contributed by atoms with Gasteiger partial charge in [0, 0.05) is 78.2 Å². The number of benzene rings is 5. The average Bonchev–Trinajstić information content (AvgIpc) is 1.21. The van der Waals surface area contributed by atoms with E-state index in [1.54, 1.807) is 0 Å². The van der Waals surface area contributed by atoms with Gasteiger partial charge in [0.1, 0.15) is 11.6 Å². The third kappa shape index (κ3) is 25.5. The zero-order chi connectivity index (χ0) is 97.0. The SMILES string of the molecule is CCc1c(C)nc(-c2ccc(Cl)s2)nc1Cc1ccc(C2=NCB(O)O2)cc1.CCc1c(C)nc(-c2ccc(Cl)s2)nc1Cc1ccc(C2CCB(O)O2)cc1.CCc1c(C)nc(-c2ccc(Cl)s2)nc1Cc1ccc(CC2=NCB(O)O2)cc1.CCc1c(C)nc(-c2ccc(Cl)s2)nc1Cc1ccc2c(c1)OB(C)C2.CCc1c(C)nc(-c2ccc(Cl)s2)nc1NCc1ccc2c(c1)COB2C. The molecule has 0 radical (unpaired) electrons. The maximum absolute atomic E-state index is 9.57. The fraction of sp³-hybridized carbons (Fsp3) is 0.294. The Morgan fingerprint density at radius 2 is 0.783 bits per heavy atom. The molecule has 36 heteroatoms. The molecular formula is C102H103B5Cl5N13O8S5. The molecule has 21 nitrogen and oxygen atoms in total. The van der Waals surface area contributed by atoms with Crippen molar-refractivity contribution >= 4 is 173 Å². The van der Waals surface area contributed by atoms with Gasteiger partial charge in [-0.05, 0) is 249 Å². The van der Waals surface area contributed by atoms with Crippen LogP contribution in [0.4, 0.5) is 5.82 Å². The van der Waals surface area contributed by atoms with Crippen molar-refractivity contribution in [2.24, 2.45) is 9.98 Å². The smallest absolute Gasteiger partial charge is 0.546 e. The highest BCUT2D eigenvalue weighted by molar-refractivity contribution is 7.20. The third-order valence-electron chi connectivity index (χ3n) is 24.5. The van der Waals surface area contributed by atoms with E-state index >= 15 is 0 Å². The second-order valence-electron chi connectivity index (χ2n) is 34.2. The average molecular weight is 2030 g/mol. The second-order valence-corrected chi connectivity index (χ2v) is 42.8. The van der Waals surface area contributed by atoms with Crippen LogP contribution in [0.15, 0.2) is 180 Å². The molecule has 15 heterocycles. The summed E-state index contributed by atoms with van der Waals surface area (Å²) >= 11 is 37.9. The van der Waals surface area contributed by atoms with Gasteiger partial charge >= 0.3 is 35.2 Å². The fourth-order valence-electron chi connectivity index (χ4n) is 17.5. The normalized spacial score (nSPS) is 14.0. The van der Waals surface area contributed by atoms with Crippen molar-refractivity contribution in [3.8, 4) is 59.3 Å². The van der Waals surface area contributed by atoms with Crippen LogP contribution in [0, 0.1) is 34.6 Å². The number of nitrogens with zero attached hydrogens (tertiary/aromatic N) is 12. The summed E-state index contributed by atoms with van der Waals surface area (Å²) in [4.78, 5) is 61.1. The summed E-state index contributed by atoms with van der Waals surface area (Å²) < 4.78 is 31.5. The molecular weight excluding hydrogens is 1930 g/mol. The van der Waals surface area contributed by atoms with Crippen LogP contribution in [-0.2, 0) is 102 Å². The van der Waals surface area contributed by atoms with E-state index in [9.17, 15) is 15.1 Å². The van der Waals surface area contributed by atoms with Gasteiger partial charge in [-0.25, -0.2) is 49.8 Å². The molecule has 0 saturated carbocycles. The summed E-state index contributed by atoms with van der Waals surface area (Å²) in [6.45, 7) is 27.0. The minimum Gasteiger partial charge on any atom is -0.561 e. The van der Waals surface area contributed by atoms with E-state index in [1.165, 1.54) is 118 Å². The lowest BCUT2D eigenvalue weighted by Gasteiger charge is -2.14. The lowest BCUT2D eigenvalue weighted by atomic mass is 9.64. The third-order valence-corrected chi connectivity index (χ3v) is 30.6. The number of hydrogen-bond acceptors (Lipinski definition) is 26. The van der Waals surface area contributed by atoms with Crippen molar-refractivity contribution in [3.05, 3.63) is 326 Å². The molecule has 1 atom stereocenters. The van der Waals surface area contributed by atoms with Gasteiger partial charge in [0.15, 0.2) is 40.9 Å². The van der Waals surface area contributed by atoms with Gasteiger partial charge in [0.25, 0.3) is 0 Å². The lowest BCUT2D eigenvalue weighted by Crippen LogP contribution is -2.24. The van der Waals surface area contributed by atoms with Crippen molar-refractivity contribution in [3.63, 3.8) is 0 Å². The lowest BCUT2D eigenvalue weighted by molar-refractivity contribution is 0.204. The zero-order valence-corrected chi connectivity index (χ0v) is 86.7. The number of fused-ring (bicyclic) bond motifs is 2. The van der Waals surface area contributed by atoms with E-state index < -0.39 is 21.4 Å². The fourth-order valence-corrected chi connectivity index (χ4v) is 22.4. The van der Waals surface area contributed by atoms with E-state index in [2.05, 4.69) is 172 Å². The number of aryl methyl sites for hydroxylation is 5. The second kappa shape index (κ2) is 46.7. The Labute approximate surface area is 853 Å². The van der Waals surface area contributed by atoms with E-state index in [-0.39, 0.29) is 26.4 Å². The van der Waals surface area contributed by atoms with Gasteiger partial charge in [-0.2, -0.15) is 0 Å². The predicted molar refractivity (Wildman–Crippen MR) is 572 cm³/mol. The molecule has 0 amide bonds. The number of hydrogen-bond donors (Lipinski definition) is 4. The summed E-state index contributed by atoms with van der Waals surface area (Å²) in [5, 5.41) is 32.0. The molecule has 704 valence electrons. The minimum absolute atomic E-state index is 0.00766. The van der Waals surface area contributed by atoms with Gasteiger partial charge in [-0.3, -0.25) is 9.98 Å². The van der Waals surface area contributed by atoms with E-state index in [0.717, 1.165) is 243 Å². The first-order chi connectivity index (χ1) is 66.6. The number of rotatable bonds is 25. The first-order valence-corrected chi connectivity index (χ1v) is 52.4.